The molecule has 0 bridgehead atoms. The number of ether oxygens (including phenoxy) is 1. The summed E-state index contributed by atoms with van der Waals surface area (Å²) in [7, 11) is 0. The zero-order valence-electron chi connectivity index (χ0n) is 15.9. The molecular weight excluding hydrogens is 348 g/mol. The number of benzene rings is 1. The summed E-state index contributed by atoms with van der Waals surface area (Å²) in [5.41, 5.74) is 2.58. The molecule has 1 aromatic rings. The predicted molar refractivity (Wildman–Crippen MR) is 108 cm³/mol. The van der Waals surface area contributed by atoms with Crippen LogP contribution in [-0.4, -0.2) is 49.7 Å². The summed E-state index contributed by atoms with van der Waals surface area (Å²) in [6.45, 7) is 6.68. The summed E-state index contributed by atoms with van der Waals surface area (Å²) in [4.78, 5) is 14.9. The van der Waals surface area contributed by atoms with E-state index in [1.807, 2.05) is 0 Å². The van der Waals surface area contributed by atoms with Crippen molar-refractivity contribution in [2.75, 3.05) is 32.8 Å². The van der Waals surface area contributed by atoms with Gasteiger partial charge in [-0.15, -0.1) is 12.4 Å². The quantitative estimate of drug-likeness (QED) is 0.751. The molecule has 1 aromatic carbocycles. The lowest BCUT2D eigenvalue weighted by Gasteiger charge is -2.26. The standard InChI is InChI=1S/C21H32N2O2.ClH/c1-17-4-6-18(7-5-17)11-13-23(16-20-3-2-14-25-20)21(24)9-8-19-10-12-22-15-19;/h4-7,19-20,22H,2-3,8-16H2,1H3;1H. The smallest absolute Gasteiger partial charge is 0.222 e. The number of hydrogen-bond acceptors (Lipinski definition) is 3. The molecule has 3 rings (SSSR count). The Morgan fingerprint density at radius 1 is 1.27 bits per heavy atom. The molecule has 2 aliphatic rings. The van der Waals surface area contributed by atoms with Crippen LogP contribution < -0.4 is 5.32 Å². The summed E-state index contributed by atoms with van der Waals surface area (Å²) in [5.74, 6) is 0.972. The predicted octanol–water partition coefficient (Wildman–Crippen LogP) is 3.36. The molecule has 1 N–H and O–H groups in total. The van der Waals surface area contributed by atoms with E-state index in [2.05, 4.69) is 41.4 Å². The van der Waals surface area contributed by atoms with Gasteiger partial charge in [0.1, 0.15) is 0 Å². The molecule has 0 radical (unpaired) electrons. The van der Waals surface area contributed by atoms with Crippen LogP contribution in [0.2, 0.25) is 0 Å². The minimum absolute atomic E-state index is 0. The second kappa shape index (κ2) is 10.9. The van der Waals surface area contributed by atoms with Gasteiger partial charge in [0.15, 0.2) is 0 Å². The third-order valence-electron chi connectivity index (χ3n) is 5.52. The summed E-state index contributed by atoms with van der Waals surface area (Å²) in [6, 6.07) is 8.64. The van der Waals surface area contributed by atoms with Crippen molar-refractivity contribution in [3.05, 3.63) is 35.4 Å². The van der Waals surface area contributed by atoms with E-state index in [9.17, 15) is 4.79 Å². The van der Waals surface area contributed by atoms with Gasteiger partial charge in [0.25, 0.3) is 0 Å². The third kappa shape index (κ3) is 6.57. The van der Waals surface area contributed by atoms with Gasteiger partial charge < -0.3 is 15.0 Å². The maximum atomic E-state index is 12.8. The number of rotatable bonds is 8. The Hall–Kier alpha value is -1.10. The van der Waals surface area contributed by atoms with Crippen molar-refractivity contribution < 1.29 is 9.53 Å². The zero-order chi connectivity index (χ0) is 17.5. The average molecular weight is 381 g/mol. The number of hydrogen-bond donors (Lipinski definition) is 1. The first kappa shape index (κ1) is 21.2. The van der Waals surface area contributed by atoms with Crippen molar-refractivity contribution in [2.45, 2.75) is 51.6 Å². The monoisotopic (exact) mass is 380 g/mol. The zero-order valence-corrected chi connectivity index (χ0v) is 16.7. The highest BCUT2D eigenvalue weighted by molar-refractivity contribution is 5.85. The molecule has 2 unspecified atom stereocenters. The van der Waals surface area contributed by atoms with Gasteiger partial charge in [0.2, 0.25) is 5.91 Å². The topological polar surface area (TPSA) is 41.6 Å². The van der Waals surface area contributed by atoms with Crippen LogP contribution in [0.4, 0.5) is 0 Å². The summed E-state index contributed by atoms with van der Waals surface area (Å²) >= 11 is 0. The number of aryl methyl sites for hydroxylation is 1. The fourth-order valence-corrected chi connectivity index (χ4v) is 3.82. The molecule has 0 spiro atoms. The Morgan fingerprint density at radius 3 is 2.73 bits per heavy atom. The first-order valence-corrected chi connectivity index (χ1v) is 9.86. The molecule has 4 nitrogen and oxygen atoms in total. The van der Waals surface area contributed by atoms with E-state index in [0.717, 1.165) is 58.5 Å². The number of carbonyl (C=O) groups is 1. The Labute approximate surface area is 164 Å². The SMILES string of the molecule is Cc1ccc(CCN(CC2CCCO2)C(=O)CCC2CCNC2)cc1.Cl. The Bertz CT molecular complexity index is 537. The van der Waals surface area contributed by atoms with Crippen LogP contribution in [0.3, 0.4) is 0 Å². The Kier molecular flexibility index (Phi) is 8.89. The molecular formula is C21H33ClN2O2. The number of nitrogens with zero attached hydrogens (tertiary/aromatic N) is 1. The molecule has 5 heteroatoms. The van der Waals surface area contributed by atoms with E-state index in [4.69, 9.17) is 4.74 Å². The van der Waals surface area contributed by atoms with Crippen LogP contribution in [0.5, 0.6) is 0 Å². The van der Waals surface area contributed by atoms with Gasteiger partial charge >= 0.3 is 0 Å². The van der Waals surface area contributed by atoms with Crippen LogP contribution in [0.1, 0.15) is 43.2 Å². The second-order valence-electron chi connectivity index (χ2n) is 7.61. The molecule has 0 aromatic heterocycles. The first-order valence-electron chi connectivity index (χ1n) is 9.86. The van der Waals surface area contributed by atoms with Gasteiger partial charge in [-0.2, -0.15) is 0 Å². The van der Waals surface area contributed by atoms with Crippen molar-refractivity contribution in [3.63, 3.8) is 0 Å². The van der Waals surface area contributed by atoms with Gasteiger partial charge in [-0.25, -0.2) is 0 Å². The first-order chi connectivity index (χ1) is 12.2. The van der Waals surface area contributed by atoms with Gasteiger partial charge in [0.05, 0.1) is 6.10 Å². The Morgan fingerprint density at radius 2 is 2.08 bits per heavy atom. The molecule has 2 heterocycles. The van der Waals surface area contributed by atoms with Gasteiger partial charge in [-0.1, -0.05) is 29.8 Å². The van der Waals surface area contributed by atoms with E-state index >= 15 is 0 Å². The highest BCUT2D eigenvalue weighted by Crippen LogP contribution is 2.18. The fourth-order valence-electron chi connectivity index (χ4n) is 3.82. The van der Waals surface area contributed by atoms with Crippen molar-refractivity contribution in [2.24, 2.45) is 5.92 Å². The molecule has 2 aliphatic heterocycles. The number of amides is 1. The van der Waals surface area contributed by atoms with Gasteiger partial charge in [0, 0.05) is 26.1 Å². The average Bonchev–Trinajstić information content (AvgIpc) is 3.31. The largest absolute Gasteiger partial charge is 0.376 e. The molecule has 0 saturated carbocycles. The fraction of sp³-hybridized carbons (Fsp3) is 0.667. The van der Waals surface area contributed by atoms with E-state index in [1.54, 1.807) is 0 Å². The van der Waals surface area contributed by atoms with Crippen molar-refractivity contribution in [3.8, 4) is 0 Å². The van der Waals surface area contributed by atoms with Crippen molar-refractivity contribution >= 4 is 18.3 Å². The van der Waals surface area contributed by atoms with Crippen molar-refractivity contribution in [1.29, 1.82) is 0 Å². The second-order valence-corrected chi connectivity index (χ2v) is 7.61. The highest BCUT2D eigenvalue weighted by atomic mass is 35.5. The molecule has 26 heavy (non-hydrogen) atoms. The highest BCUT2D eigenvalue weighted by Gasteiger charge is 2.23. The lowest BCUT2D eigenvalue weighted by Crippen LogP contribution is -2.39. The van der Waals surface area contributed by atoms with Gasteiger partial charge in [-0.3, -0.25) is 4.79 Å². The van der Waals surface area contributed by atoms with Crippen LogP contribution in [0.25, 0.3) is 0 Å². The minimum Gasteiger partial charge on any atom is -0.376 e. The molecule has 2 saturated heterocycles. The third-order valence-corrected chi connectivity index (χ3v) is 5.52. The number of halogens is 1. The number of carbonyl (C=O) groups excluding carboxylic acids is 1. The molecule has 1 amide bonds. The number of nitrogens with one attached hydrogen (secondary N) is 1. The lowest BCUT2D eigenvalue weighted by molar-refractivity contribution is -0.133. The van der Waals surface area contributed by atoms with Crippen LogP contribution in [0, 0.1) is 12.8 Å². The van der Waals surface area contributed by atoms with Crippen molar-refractivity contribution in [1.82, 2.24) is 10.2 Å². The van der Waals surface area contributed by atoms with Crippen LogP contribution >= 0.6 is 12.4 Å². The van der Waals surface area contributed by atoms with Gasteiger partial charge in [-0.05, 0) is 63.6 Å². The summed E-state index contributed by atoms with van der Waals surface area (Å²) in [5, 5.41) is 3.39. The summed E-state index contributed by atoms with van der Waals surface area (Å²) in [6.07, 6.45) is 6.26. The van der Waals surface area contributed by atoms with Crippen LogP contribution in [0.15, 0.2) is 24.3 Å². The maximum Gasteiger partial charge on any atom is 0.222 e. The van der Waals surface area contributed by atoms with Crippen LogP contribution in [-0.2, 0) is 16.0 Å². The molecule has 2 atom stereocenters. The Balaban J connectivity index is 0.00000243. The summed E-state index contributed by atoms with van der Waals surface area (Å²) < 4.78 is 5.78. The van der Waals surface area contributed by atoms with E-state index in [-0.39, 0.29) is 18.5 Å². The molecule has 2 fully saturated rings. The lowest BCUT2D eigenvalue weighted by atomic mass is 10.0. The van der Waals surface area contributed by atoms with E-state index in [1.165, 1.54) is 17.5 Å². The molecule has 0 aliphatic carbocycles. The normalized spacial score (nSPS) is 22.2. The van der Waals surface area contributed by atoms with E-state index in [0.29, 0.717) is 18.2 Å². The minimum atomic E-state index is 0. The van der Waals surface area contributed by atoms with E-state index < -0.39 is 0 Å². The molecule has 146 valence electrons. The maximum absolute atomic E-state index is 12.8.